The lowest BCUT2D eigenvalue weighted by Gasteiger charge is -2.17. The molecule has 1 aromatic heterocycles. The van der Waals surface area contributed by atoms with Crippen molar-refractivity contribution in [1.29, 1.82) is 0 Å². The van der Waals surface area contributed by atoms with Crippen LogP contribution in [0.5, 0.6) is 0 Å². The van der Waals surface area contributed by atoms with Gasteiger partial charge in [0.1, 0.15) is 10.7 Å². The number of carbonyl (C=O) groups is 2. The molecule has 0 radical (unpaired) electrons. The van der Waals surface area contributed by atoms with Gasteiger partial charge < -0.3 is 21.3 Å². The van der Waals surface area contributed by atoms with Gasteiger partial charge in [0.2, 0.25) is 5.91 Å². The van der Waals surface area contributed by atoms with Crippen molar-refractivity contribution in [3.63, 3.8) is 0 Å². The van der Waals surface area contributed by atoms with Gasteiger partial charge in [-0.2, -0.15) is 0 Å². The third-order valence-corrected chi connectivity index (χ3v) is 3.57. The molecule has 118 valence electrons. The van der Waals surface area contributed by atoms with E-state index in [1.165, 1.54) is 16.2 Å². The lowest BCUT2D eigenvalue weighted by atomic mass is 10.3. The van der Waals surface area contributed by atoms with Crippen molar-refractivity contribution in [2.24, 2.45) is 0 Å². The van der Waals surface area contributed by atoms with E-state index in [4.69, 9.17) is 5.73 Å². The van der Waals surface area contributed by atoms with Gasteiger partial charge in [-0.05, 0) is 20.3 Å². The average Bonchev–Trinajstić information content (AvgIpc) is 2.75. The van der Waals surface area contributed by atoms with Gasteiger partial charge in [0.25, 0.3) is 5.91 Å². The minimum atomic E-state index is -0.298. The van der Waals surface area contributed by atoms with Crippen LogP contribution in [0.15, 0.2) is 0 Å². The highest BCUT2D eigenvalue weighted by molar-refractivity contribution is 7.18. The first kappa shape index (κ1) is 17.2. The minimum absolute atomic E-state index is 0.00786. The molecular weight excluding hydrogens is 290 g/mol. The SMILES string of the molecule is CCCNc1nc(N)c(C(=O)N(C)CC(=O)NC(C)C)s1. The molecule has 8 heteroatoms. The summed E-state index contributed by atoms with van der Waals surface area (Å²) in [5.74, 6) is -0.304. The third kappa shape index (κ3) is 5.22. The summed E-state index contributed by atoms with van der Waals surface area (Å²) >= 11 is 1.21. The van der Waals surface area contributed by atoms with Crippen LogP contribution in [0.4, 0.5) is 10.9 Å². The molecule has 1 heterocycles. The zero-order valence-corrected chi connectivity index (χ0v) is 13.7. The Morgan fingerprint density at radius 3 is 2.67 bits per heavy atom. The van der Waals surface area contributed by atoms with Crippen LogP contribution < -0.4 is 16.4 Å². The van der Waals surface area contributed by atoms with Crippen molar-refractivity contribution in [2.75, 3.05) is 31.2 Å². The maximum absolute atomic E-state index is 12.3. The average molecular weight is 313 g/mol. The minimum Gasteiger partial charge on any atom is -0.382 e. The summed E-state index contributed by atoms with van der Waals surface area (Å²) < 4.78 is 0. The predicted octanol–water partition coefficient (Wildman–Crippen LogP) is 1.14. The Balaban J connectivity index is 2.69. The van der Waals surface area contributed by atoms with Crippen molar-refractivity contribution in [3.8, 4) is 0 Å². The molecule has 1 rings (SSSR count). The van der Waals surface area contributed by atoms with E-state index in [-0.39, 0.29) is 30.2 Å². The predicted molar refractivity (Wildman–Crippen MR) is 85.5 cm³/mol. The second-order valence-electron chi connectivity index (χ2n) is 5.04. The van der Waals surface area contributed by atoms with E-state index in [9.17, 15) is 9.59 Å². The van der Waals surface area contributed by atoms with E-state index in [0.717, 1.165) is 13.0 Å². The molecule has 0 spiro atoms. The van der Waals surface area contributed by atoms with E-state index in [1.807, 2.05) is 20.8 Å². The van der Waals surface area contributed by atoms with Crippen LogP contribution in [0.3, 0.4) is 0 Å². The third-order valence-electron chi connectivity index (χ3n) is 2.55. The normalized spacial score (nSPS) is 10.5. The number of aromatic nitrogens is 1. The fourth-order valence-corrected chi connectivity index (χ4v) is 2.53. The molecule has 0 aliphatic rings. The number of amides is 2. The summed E-state index contributed by atoms with van der Waals surface area (Å²) in [5.41, 5.74) is 5.77. The van der Waals surface area contributed by atoms with E-state index < -0.39 is 0 Å². The molecule has 0 fully saturated rings. The zero-order valence-electron chi connectivity index (χ0n) is 12.9. The first-order valence-electron chi connectivity index (χ1n) is 6.90. The smallest absolute Gasteiger partial charge is 0.268 e. The molecule has 7 nitrogen and oxygen atoms in total. The van der Waals surface area contributed by atoms with Crippen molar-refractivity contribution in [1.82, 2.24) is 15.2 Å². The van der Waals surface area contributed by atoms with E-state index in [0.29, 0.717) is 10.0 Å². The Labute approximate surface area is 128 Å². The molecule has 21 heavy (non-hydrogen) atoms. The van der Waals surface area contributed by atoms with Gasteiger partial charge in [0, 0.05) is 19.6 Å². The molecule has 0 atom stereocenters. The van der Waals surface area contributed by atoms with Crippen LogP contribution in [-0.2, 0) is 4.79 Å². The van der Waals surface area contributed by atoms with Gasteiger partial charge in [-0.3, -0.25) is 9.59 Å². The van der Waals surface area contributed by atoms with Gasteiger partial charge in [-0.1, -0.05) is 18.3 Å². The number of carbonyl (C=O) groups excluding carboxylic acids is 2. The molecule has 2 amide bonds. The first-order chi connectivity index (χ1) is 9.85. The number of anilines is 2. The number of thiazole rings is 1. The summed E-state index contributed by atoms with van der Waals surface area (Å²) in [6, 6.07) is 0.0410. The second-order valence-corrected chi connectivity index (χ2v) is 6.04. The number of nitrogens with one attached hydrogen (secondary N) is 2. The number of rotatable bonds is 7. The molecule has 0 aliphatic heterocycles. The summed E-state index contributed by atoms with van der Waals surface area (Å²) in [4.78, 5) is 29.8. The summed E-state index contributed by atoms with van der Waals surface area (Å²) in [5, 5.41) is 6.46. The molecular formula is C13H23N5O2S. The number of hydrogen-bond donors (Lipinski definition) is 3. The molecule has 0 aromatic carbocycles. The van der Waals surface area contributed by atoms with Crippen molar-refractivity contribution in [2.45, 2.75) is 33.2 Å². The topological polar surface area (TPSA) is 100 Å². The maximum Gasteiger partial charge on any atom is 0.268 e. The van der Waals surface area contributed by atoms with Crippen LogP contribution in [0, 0.1) is 0 Å². The highest BCUT2D eigenvalue weighted by Crippen LogP contribution is 2.25. The number of nitrogens with zero attached hydrogens (tertiary/aromatic N) is 2. The van der Waals surface area contributed by atoms with Gasteiger partial charge in [0.05, 0.1) is 6.54 Å². The van der Waals surface area contributed by atoms with Crippen LogP contribution in [0.1, 0.15) is 36.9 Å². The number of nitrogen functional groups attached to an aromatic ring is 1. The van der Waals surface area contributed by atoms with Crippen molar-refractivity contribution < 1.29 is 9.59 Å². The Bertz CT molecular complexity index is 501. The van der Waals surface area contributed by atoms with Crippen LogP contribution >= 0.6 is 11.3 Å². The van der Waals surface area contributed by atoms with E-state index >= 15 is 0 Å². The van der Waals surface area contributed by atoms with Crippen molar-refractivity contribution in [3.05, 3.63) is 4.88 Å². The molecule has 0 aliphatic carbocycles. The quantitative estimate of drug-likeness (QED) is 0.701. The summed E-state index contributed by atoms with van der Waals surface area (Å²) in [6.07, 6.45) is 0.956. The van der Waals surface area contributed by atoms with Crippen LogP contribution in [0.2, 0.25) is 0 Å². The monoisotopic (exact) mass is 313 g/mol. The standard InChI is InChI=1S/C13H23N5O2S/c1-5-6-15-13-17-11(14)10(21-13)12(20)18(4)7-9(19)16-8(2)3/h8H,5-7,14H2,1-4H3,(H,15,17)(H,16,19). The highest BCUT2D eigenvalue weighted by atomic mass is 32.1. The number of hydrogen-bond acceptors (Lipinski definition) is 6. The van der Waals surface area contributed by atoms with Gasteiger partial charge >= 0.3 is 0 Å². The van der Waals surface area contributed by atoms with E-state index in [2.05, 4.69) is 15.6 Å². The van der Waals surface area contributed by atoms with Gasteiger partial charge in [0.15, 0.2) is 5.13 Å². The van der Waals surface area contributed by atoms with Gasteiger partial charge in [-0.25, -0.2) is 4.98 Å². The van der Waals surface area contributed by atoms with Crippen LogP contribution in [0.25, 0.3) is 0 Å². The van der Waals surface area contributed by atoms with Gasteiger partial charge in [-0.15, -0.1) is 0 Å². The Hall–Kier alpha value is -1.83. The second kappa shape index (κ2) is 7.82. The number of likely N-dealkylation sites (N-methyl/N-ethyl adjacent to an activating group) is 1. The lowest BCUT2D eigenvalue weighted by Crippen LogP contribution is -2.40. The van der Waals surface area contributed by atoms with E-state index in [1.54, 1.807) is 7.05 Å². The fraction of sp³-hybridized carbons (Fsp3) is 0.615. The van der Waals surface area contributed by atoms with Crippen LogP contribution in [-0.4, -0.2) is 47.9 Å². The Kier molecular flexibility index (Phi) is 6.41. The summed E-state index contributed by atoms with van der Waals surface area (Å²) in [7, 11) is 1.57. The Morgan fingerprint density at radius 1 is 1.43 bits per heavy atom. The lowest BCUT2D eigenvalue weighted by molar-refractivity contribution is -0.122. The molecule has 1 aromatic rings. The zero-order chi connectivity index (χ0) is 16.0. The molecule has 0 saturated heterocycles. The fourth-order valence-electron chi connectivity index (χ4n) is 1.62. The largest absolute Gasteiger partial charge is 0.382 e. The maximum atomic E-state index is 12.3. The molecule has 4 N–H and O–H groups in total. The Morgan fingerprint density at radius 2 is 2.10 bits per heavy atom. The molecule has 0 bridgehead atoms. The molecule has 0 saturated carbocycles. The molecule has 0 unspecified atom stereocenters. The number of nitrogens with two attached hydrogens (primary N) is 1. The highest BCUT2D eigenvalue weighted by Gasteiger charge is 2.21. The summed E-state index contributed by atoms with van der Waals surface area (Å²) in [6.45, 7) is 6.54. The van der Waals surface area contributed by atoms with Crippen molar-refractivity contribution >= 4 is 34.1 Å². The first-order valence-corrected chi connectivity index (χ1v) is 7.71.